The molecule has 10 heteroatoms. The number of hydrogen-bond acceptors (Lipinski definition) is 7. The fourth-order valence-corrected chi connectivity index (χ4v) is 5.11. The van der Waals surface area contributed by atoms with Crippen molar-refractivity contribution in [3.63, 3.8) is 0 Å². The Morgan fingerprint density at radius 2 is 1.94 bits per heavy atom. The van der Waals surface area contributed by atoms with Crippen molar-refractivity contribution in [2.45, 2.75) is 4.05 Å². The first-order valence-electron chi connectivity index (χ1n) is 10.8. The van der Waals surface area contributed by atoms with Crippen molar-refractivity contribution in [2.24, 2.45) is 0 Å². The summed E-state index contributed by atoms with van der Waals surface area (Å²) in [4.78, 5) is 30.4. The number of hydrogen-bond donors (Lipinski definition) is 0. The van der Waals surface area contributed by atoms with Crippen LogP contribution < -0.4 is 14.5 Å². The number of nitrogens with zero attached hydrogens (tertiary/aromatic N) is 4. The smallest absolute Gasteiger partial charge is 0.294 e. The number of carbonyl (C=O) groups is 1. The predicted molar refractivity (Wildman–Crippen MR) is 138 cm³/mol. The SMILES string of the molecule is COc1ccccc1N1CCN(CCN(C(=O)c2ccco2)c2ccccc2[N+](=O)[O-])C(I)C1. The van der Waals surface area contributed by atoms with Crippen LogP contribution >= 0.6 is 22.6 Å². The average molecular weight is 576 g/mol. The zero-order valence-electron chi connectivity index (χ0n) is 18.7. The Labute approximate surface area is 211 Å². The number of amides is 1. The van der Waals surface area contributed by atoms with E-state index in [0.717, 1.165) is 31.1 Å². The highest BCUT2D eigenvalue weighted by Gasteiger charge is 2.30. The van der Waals surface area contributed by atoms with Crippen LogP contribution in [0.5, 0.6) is 5.75 Å². The van der Waals surface area contributed by atoms with Gasteiger partial charge in [-0.3, -0.25) is 24.7 Å². The lowest BCUT2D eigenvalue weighted by Gasteiger charge is -2.41. The second kappa shape index (κ2) is 10.9. The van der Waals surface area contributed by atoms with Crippen molar-refractivity contribution in [1.82, 2.24) is 4.90 Å². The fraction of sp³-hybridized carbons (Fsp3) is 0.292. The zero-order chi connectivity index (χ0) is 24.1. The Bertz CT molecular complexity index is 1140. The van der Waals surface area contributed by atoms with E-state index in [1.165, 1.54) is 17.2 Å². The van der Waals surface area contributed by atoms with Gasteiger partial charge < -0.3 is 14.1 Å². The molecule has 3 aromatic rings. The van der Waals surface area contributed by atoms with E-state index < -0.39 is 10.8 Å². The number of alkyl halides is 1. The summed E-state index contributed by atoms with van der Waals surface area (Å²) in [6, 6.07) is 17.4. The van der Waals surface area contributed by atoms with Crippen LogP contribution in [0.15, 0.2) is 71.3 Å². The fourth-order valence-electron chi connectivity index (χ4n) is 4.08. The molecule has 0 bridgehead atoms. The van der Waals surface area contributed by atoms with Crippen LogP contribution in [0.2, 0.25) is 0 Å². The average Bonchev–Trinajstić information content (AvgIpc) is 3.40. The zero-order valence-corrected chi connectivity index (χ0v) is 20.8. The molecule has 1 aliphatic heterocycles. The largest absolute Gasteiger partial charge is 0.495 e. The van der Waals surface area contributed by atoms with Crippen molar-refractivity contribution in [3.05, 3.63) is 82.8 Å². The Hall–Kier alpha value is -3.12. The molecule has 1 aromatic heterocycles. The van der Waals surface area contributed by atoms with Gasteiger partial charge >= 0.3 is 0 Å². The molecule has 4 rings (SSSR count). The van der Waals surface area contributed by atoms with E-state index in [9.17, 15) is 14.9 Å². The van der Waals surface area contributed by atoms with Crippen LogP contribution in [-0.4, -0.2) is 59.6 Å². The third-order valence-corrected chi connectivity index (χ3v) is 6.99. The second-order valence-corrected chi connectivity index (χ2v) is 9.21. The predicted octanol–water partition coefficient (Wildman–Crippen LogP) is 4.43. The summed E-state index contributed by atoms with van der Waals surface area (Å²) in [5, 5.41) is 11.6. The molecule has 34 heavy (non-hydrogen) atoms. The van der Waals surface area contributed by atoms with Crippen LogP contribution in [0.3, 0.4) is 0 Å². The third kappa shape index (κ3) is 5.17. The normalized spacial score (nSPS) is 16.3. The number of rotatable bonds is 8. The monoisotopic (exact) mass is 576 g/mol. The van der Waals surface area contributed by atoms with E-state index in [4.69, 9.17) is 9.15 Å². The Morgan fingerprint density at radius 1 is 1.18 bits per heavy atom. The summed E-state index contributed by atoms with van der Waals surface area (Å²) in [5.74, 6) is 0.577. The van der Waals surface area contributed by atoms with Gasteiger partial charge in [-0.1, -0.05) is 46.9 Å². The molecule has 1 fully saturated rings. The molecule has 2 heterocycles. The van der Waals surface area contributed by atoms with Crippen molar-refractivity contribution < 1.29 is 18.9 Å². The number of methoxy groups -OCH3 is 1. The highest BCUT2D eigenvalue weighted by atomic mass is 127. The first kappa shape index (κ1) is 24.0. The number of para-hydroxylation sites is 4. The highest BCUT2D eigenvalue weighted by molar-refractivity contribution is 14.1. The quantitative estimate of drug-likeness (QED) is 0.129. The van der Waals surface area contributed by atoms with E-state index in [1.54, 1.807) is 37.4 Å². The van der Waals surface area contributed by atoms with Gasteiger partial charge in [0.1, 0.15) is 11.4 Å². The molecule has 178 valence electrons. The van der Waals surface area contributed by atoms with Crippen LogP contribution in [0.4, 0.5) is 17.1 Å². The van der Waals surface area contributed by atoms with Gasteiger partial charge in [0.2, 0.25) is 0 Å². The molecule has 0 saturated carbocycles. The molecule has 2 aromatic carbocycles. The molecule has 0 aliphatic carbocycles. The lowest BCUT2D eigenvalue weighted by Crippen LogP contribution is -2.52. The van der Waals surface area contributed by atoms with Gasteiger partial charge in [-0.05, 0) is 30.3 Å². The number of nitro benzene ring substituents is 1. The molecule has 1 aliphatic rings. The van der Waals surface area contributed by atoms with Crippen molar-refractivity contribution in [2.75, 3.05) is 49.6 Å². The molecule has 0 radical (unpaired) electrons. The summed E-state index contributed by atoms with van der Waals surface area (Å²) in [6.45, 7) is 3.23. The molecule has 1 amide bonds. The minimum absolute atomic E-state index is 0.116. The number of anilines is 2. The molecular formula is C24H25IN4O5. The van der Waals surface area contributed by atoms with Gasteiger partial charge in [-0.2, -0.15) is 0 Å². The Morgan fingerprint density at radius 3 is 2.65 bits per heavy atom. The number of carbonyl (C=O) groups excluding carboxylic acids is 1. The van der Waals surface area contributed by atoms with Gasteiger partial charge in [0.25, 0.3) is 11.6 Å². The molecule has 9 nitrogen and oxygen atoms in total. The van der Waals surface area contributed by atoms with Crippen LogP contribution in [0, 0.1) is 10.1 Å². The molecule has 1 saturated heterocycles. The van der Waals surface area contributed by atoms with Crippen LogP contribution in [-0.2, 0) is 0 Å². The third-order valence-electron chi connectivity index (χ3n) is 5.81. The Kier molecular flexibility index (Phi) is 7.68. The maximum absolute atomic E-state index is 13.2. The lowest BCUT2D eigenvalue weighted by atomic mass is 10.2. The number of halogens is 1. The molecule has 0 N–H and O–H groups in total. The van der Waals surface area contributed by atoms with E-state index in [0.29, 0.717) is 13.1 Å². The summed E-state index contributed by atoms with van der Waals surface area (Å²) < 4.78 is 11.0. The van der Waals surface area contributed by atoms with Gasteiger partial charge in [0, 0.05) is 38.8 Å². The highest BCUT2D eigenvalue weighted by Crippen LogP contribution is 2.32. The number of ether oxygens (including phenoxy) is 1. The number of piperazine rings is 1. The summed E-state index contributed by atoms with van der Waals surface area (Å²) >= 11 is 2.40. The van der Waals surface area contributed by atoms with E-state index in [1.807, 2.05) is 18.2 Å². The van der Waals surface area contributed by atoms with Crippen molar-refractivity contribution >= 4 is 45.6 Å². The number of furan rings is 1. The van der Waals surface area contributed by atoms with Crippen LogP contribution in [0.1, 0.15) is 10.6 Å². The van der Waals surface area contributed by atoms with Crippen molar-refractivity contribution in [3.8, 4) is 5.75 Å². The number of benzene rings is 2. The van der Waals surface area contributed by atoms with Crippen LogP contribution in [0.25, 0.3) is 0 Å². The first-order chi connectivity index (χ1) is 16.5. The summed E-state index contributed by atoms with van der Waals surface area (Å²) in [5.41, 5.74) is 1.20. The lowest BCUT2D eigenvalue weighted by molar-refractivity contribution is -0.384. The van der Waals surface area contributed by atoms with E-state index >= 15 is 0 Å². The second-order valence-electron chi connectivity index (χ2n) is 7.77. The summed E-state index contributed by atoms with van der Waals surface area (Å²) in [7, 11) is 1.67. The van der Waals surface area contributed by atoms with Gasteiger partial charge in [-0.15, -0.1) is 0 Å². The van der Waals surface area contributed by atoms with E-state index in [2.05, 4.69) is 38.5 Å². The summed E-state index contributed by atoms with van der Waals surface area (Å²) in [6.07, 6.45) is 1.42. The number of nitro groups is 1. The van der Waals surface area contributed by atoms with Gasteiger partial charge in [0.05, 0.1) is 28.0 Å². The maximum atomic E-state index is 13.2. The Balaban J connectivity index is 1.50. The molecule has 0 spiro atoms. The van der Waals surface area contributed by atoms with Gasteiger partial charge in [0.15, 0.2) is 5.76 Å². The molecule has 1 atom stereocenters. The maximum Gasteiger partial charge on any atom is 0.294 e. The first-order valence-corrected chi connectivity index (χ1v) is 12.1. The van der Waals surface area contributed by atoms with Gasteiger partial charge in [-0.25, -0.2) is 0 Å². The minimum Gasteiger partial charge on any atom is -0.495 e. The van der Waals surface area contributed by atoms with Crippen molar-refractivity contribution in [1.29, 1.82) is 0 Å². The van der Waals surface area contributed by atoms with E-state index in [-0.39, 0.29) is 21.2 Å². The minimum atomic E-state index is -0.467. The molecular weight excluding hydrogens is 551 g/mol. The topological polar surface area (TPSA) is 92.3 Å². The standard InChI is InChI=1S/C24H25IN4O5/c1-33-21-10-5-4-9-20(21)27-13-12-26(23(25)17-27)14-15-28(24(30)22-11-6-16-34-22)18-7-2-3-8-19(18)29(31)32/h2-11,16,23H,12-15,17H2,1H3. The molecule has 1 unspecified atom stereocenters.